The maximum absolute atomic E-state index is 13.9. The zero-order valence-electron chi connectivity index (χ0n) is 22.7. The van der Waals surface area contributed by atoms with Gasteiger partial charge in [0.2, 0.25) is 11.8 Å². The molecule has 0 aliphatic heterocycles. The highest BCUT2D eigenvalue weighted by Gasteiger charge is 2.38. The van der Waals surface area contributed by atoms with Gasteiger partial charge in [-0.2, -0.15) is 0 Å². The van der Waals surface area contributed by atoms with Crippen molar-refractivity contribution in [3.63, 3.8) is 0 Å². The first-order valence-electron chi connectivity index (χ1n) is 12.5. The van der Waals surface area contributed by atoms with Gasteiger partial charge in [-0.3, -0.25) is 14.4 Å². The lowest BCUT2D eigenvalue weighted by Gasteiger charge is -2.35. The summed E-state index contributed by atoms with van der Waals surface area (Å²) < 4.78 is 10.2. The number of carbonyl (C=O) groups is 4. The van der Waals surface area contributed by atoms with Crippen LogP contribution in [0.3, 0.4) is 0 Å². The third kappa shape index (κ3) is 10.1. The highest BCUT2D eigenvalue weighted by Crippen LogP contribution is 2.30. The van der Waals surface area contributed by atoms with E-state index in [2.05, 4.69) is 17.2 Å². The minimum Gasteiger partial charge on any atom is -0.508 e. The van der Waals surface area contributed by atoms with E-state index in [1.807, 2.05) is 6.92 Å². The number of nitrogens with one attached hydrogen (secondary N) is 2. The fourth-order valence-corrected chi connectivity index (χ4v) is 3.54. The summed E-state index contributed by atoms with van der Waals surface area (Å²) in [5.74, 6) is -2.12. The zero-order valence-corrected chi connectivity index (χ0v) is 22.7. The molecule has 1 rings (SSSR count). The van der Waals surface area contributed by atoms with Crippen LogP contribution in [0.25, 0.3) is 0 Å². The van der Waals surface area contributed by atoms with E-state index in [1.54, 1.807) is 46.8 Å². The average Bonchev–Trinajstić information content (AvgIpc) is 2.81. The van der Waals surface area contributed by atoms with Gasteiger partial charge in [0.25, 0.3) is 0 Å². The van der Waals surface area contributed by atoms with E-state index in [0.29, 0.717) is 6.42 Å². The van der Waals surface area contributed by atoms with Crippen LogP contribution in [-0.4, -0.2) is 65.2 Å². The fraction of sp³-hybridized carbons (Fsp3) is 0.556. The number of phenolic OH excluding ortho intramolecular Hbond substituents is 1. The molecule has 10 heteroatoms. The smallest absolute Gasteiger partial charge is 0.408 e. The third-order valence-electron chi connectivity index (χ3n) is 5.49. The van der Waals surface area contributed by atoms with Crippen molar-refractivity contribution in [1.29, 1.82) is 0 Å². The predicted molar refractivity (Wildman–Crippen MR) is 140 cm³/mol. The first-order chi connectivity index (χ1) is 17.4. The molecule has 10 nitrogen and oxygen atoms in total. The van der Waals surface area contributed by atoms with Crippen LogP contribution in [0.15, 0.2) is 36.9 Å². The summed E-state index contributed by atoms with van der Waals surface area (Å²) >= 11 is 0. The number of esters is 1. The molecule has 0 radical (unpaired) electrons. The molecule has 1 aromatic rings. The maximum atomic E-state index is 13.9. The third-order valence-corrected chi connectivity index (χ3v) is 5.49. The summed E-state index contributed by atoms with van der Waals surface area (Å²) in [4.78, 5) is 52.9. The second kappa shape index (κ2) is 14.9. The van der Waals surface area contributed by atoms with Crippen molar-refractivity contribution >= 4 is 23.9 Å². The van der Waals surface area contributed by atoms with Gasteiger partial charge in [0.05, 0.1) is 13.0 Å². The lowest BCUT2D eigenvalue weighted by Crippen LogP contribution is -2.55. The van der Waals surface area contributed by atoms with E-state index in [-0.39, 0.29) is 43.3 Å². The van der Waals surface area contributed by atoms with Gasteiger partial charge in [-0.25, -0.2) is 4.79 Å². The molecule has 0 saturated heterocycles. The van der Waals surface area contributed by atoms with Gasteiger partial charge >= 0.3 is 12.1 Å². The van der Waals surface area contributed by atoms with Crippen molar-refractivity contribution in [2.45, 2.75) is 72.1 Å². The molecule has 0 heterocycles. The number of aromatic hydroxyl groups is 1. The topological polar surface area (TPSA) is 134 Å². The summed E-state index contributed by atoms with van der Waals surface area (Å²) in [7, 11) is 0. The van der Waals surface area contributed by atoms with Gasteiger partial charge in [-0.1, -0.05) is 44.5 Å². The minimum atomic E-state index is -1.26. The lowest BCUT2D eigenvalue weighted by atomic mass is 9.95. The summed E-state index contributed by atoms with van der Waals surface area (Å²) in [6, 6.07) is 3.90. The molecule has 206 valence electrons. The van der Waals surface area contributed by atoms with Crippen molar-refractivity contribution in [3.05, 3.63) is 42.5 Å². The molecule has 0 aliphatic carbocycles. The number of rotatable bonds is 13. The van der Waals surface area contributed by atoms with Gasteiger partial charge in [0.1, 0.15) is 23.4 Å². The van der Waals surface area contributed by atoms with Crippen LogP contribution >= 0.6 is 0 Å². The Kier molecular flexibility index (Phi) is 12.6. The fourth-order valence-electron chi connectivity index (χ4n) is 3.54. The van der Waals surface area contributed by atoms with Crippen LogP contribution in [0.1, 0.15) is 66.0 Å². The Morgan fingerprint density at radius 3 is 2.35 bits per heavy atom. The molecular weight excluding hydrogens is 478 g/mol. The average molecular weight is 520 g/mol. The minimum absolute atomic E-state index is 0.0250. The van der Waals surface area contributed by atoms with Crippen molar-refractivity contribution < 1.29 is 33.8 Å². The van der Waals surface area contributed by atoms with E-state index >= 15 is 0 Å². The molecular formula is C27H41N3O7. The van der Waals surface area contributed by atoms with E-state index in [4.69, 9.17) is 9.47 Å². The lowest BCUT2D eigenvalue weighted by molar-refractivity contribution is -0.144. The molecule has 0 fully saturated rings. The van der Waals surface area contributed by atoms with E-state index in [9.17, 15) is 24.3 Å². The van der Waals surface area contributed by atoms with E-state index in [1.165, 1.54) is 23.1 Å². The molecule has 0 bridgehead atoms. The summed E-state index contributed by atoms with van der Waals surface area (Å²) in [6.07, 6.45) is 1.19. The number of ether oxygens (including phenoxy) is 2. The van der Waals surface area contributed by atoms with Crippen molar-refractivity contribution in [3.8, 4) is 5.75 Å². The number of carbonyl (C=O) groups excluding carboxylic acids is 4. The normalized spacial score (nSPS) is 13.5. The van der Waals surface area contributed by atoms with Crippen molar-refractivity contribution in [2.75, 3.05) is 19.7 Å². The molecule has 37 heavy (non-hydrogen) atoms. The number of nitrogens with zero attached hydrogens (tertiary/aromatic N) is 1. The van der Waals surface area contributed by atoms with Gasteiger partial charge < -0.3 is 30.1 Å². The monoisotopic (exact) mass is 519 g/mol. The highest BCUT2D eigenvalue weighted by molar-refractivity contribution is 5.93. The van der Waals surface area contributed by atoms with Gasteiger partial charge in [-0.05, 0) is 39.7 Å². The Bertz CT molecular complexity index is 942. The molecule has 0 aliphatic rings. The summed E-state index contributed by atoms with van der Waals surface area (Å²) in [6.45, 7) is 14.4. The van der Waals surface area contributed by atoms with Crippen molar-refractivity contribution in [1.82, 2.24) is 15.5 Å². The number of hydrogen-bond acceptors (Lipinski definition) is 7. The largest absolute Gasteiger partial charge is 0.508 e. The molecule has 3 unspecified atom stereocenters. The number of benzene rings is 1. The molecule has 0 aromatic heterocycles. The maximum Gasteiger partial charge on any atom is 0.408 e. The molecule has 1 aromatic carbocycles. The van der Waals surface area contributed by atoms with E-state index in [0.717, 1.165) is 0 Å². The summed E-state index contributed by atoms with van der Waals surface area (Å²) in [5, 5.41) is 15.9. The Morgan fingerprint density at radius 2 is 1.81 bits per heavy atom. The standard InChI is InChI=1S/C27H41N3O7/c1-8-17-30(25(34)22(18(4)9-2)29-26(35)37-27(5,6)7)23(19-13-11-12-14-20(19)31)24(33)28-16-15-21(32)36-10-3/h8,11-14,18,22-23,31H,1,9-10,15-17H2,2-7H3,(H,28,33)(H,29,35). The first kappa shape index (κ1) is 31.5. The molecule has 3 atom stereocenters. The first-order valence-corrected chi connectivity index (χ1v) is 12.5. The van der Waals surface area contributed by atoms with Crippen LogP contribution in [0.5, 0.6) is 5.75 Å². The van der Waals surface area contributed by atoms with Gasteiger partial charge in [0, 0.05) is 18.7 Å². The van der Waals surface area contributed by atoms with Crippen LogP contribution in [0, 0.1) is 5.92 Å². The number of para-hydroxylation sites is 1. The van der Waals surface area contributed by atoms with Crippen LogP contribution < -0.4 is 10.6 Å². The number of hydrogen-bond donors (Lipinski definition) is 3. The van der Waals surface area contributed by atoms with Gasteiger partial charge in [-0.15, -0.1) is 6.58 Å². The Balaban J connectivity index is 3.39. The number of alkyl carbamates (subject to hydrolysis) is 1. The molecule has 3 N–H and O–H groups in total. The quantitative estimate of drug-likeness (QED) is 0.268. The van der Waals surface area contributed by atoms with Crippen LogP contribution in [0.4, 0.5) is 4.79 Å². The summed E-state index contributed by atoms with van der Waals surface area (Å²) in [5.41, 5.74) is -0.586. The predicted octanol–water partition coefficient (Wildman–Crippen LogP) is 3.46. The highest BCUT2D eigenvalue weighted by atomic mass is 16.6. The Hall–Kier alpha value is -3.56. The second-order valence-corrected chi connectivity index (χ2v) is 9.60. The molecule has 0 saturated carbocycles. The Morgan fingerprint density at radius 1 is 1.16 bits per heavy atom. The molecule has 0 spiro atoms. The number of amides is 3. The zero-order chi connectivity index (χ0) is 28.2. The Labute approximate surface area is 219 Å². The van der Waals surface area contributed by atoms with Crippen LogP contribution in [0.2, 0.25) is 0 Å². The molecule has 3 amide bonds. The SMILES string of the molecule is C=CCN(C(=O)C(NC(=O)OC(C)(C)C)C(C)CC)C(C(=O)NCCC(=O)OCC)c1ccccc1O. The van der Waals surface area contributed by atoms with Crippen LogP contribution in [-0.2, 0) is 23.9 Å². The van der Waals surface area contributed by atoms with Crippen molar-refractivity contribution in [2.24, 2.45) is 5.92 Å². The van der Waals surface area contributed by atoms with E-state index < -0.39 is 41.6 Å². The second-order valence-electron chi connectivity index (χ2n) is 9.60. The van der Waals surface area contributed by atoms with Gasteiger partial charge in [0.15, 0.2) is 0 Å². The number of phenols is 1.